The first-order valence-electron chi connectivity index (χ1n) is 6.84. The van der Waals surface area contributed by atoms with Gasteiger partial charge in [-0.2, -0.15) is 0 Å². The lowest BCUT2D eigenvalue weighted by atomic mass is 10.1. The third-order valence-electron chi connectivity index (χ3n) is 3.95. The molecule has 3 nitrogen and oxygen atoms in total. The molecule has 1 heterocycles. The number of anilines is 1. The van der Waals surface area contributed by atoms with Gasteiger partial charge in [-0.05, 0) is 50.5 Å². The molecule has 1 saturated heterocycles. The Kier molecular flexibility index (Phi) is 3.08. The van der Waals surface area contributed by atoms with Gasteiger partial charge in [0.15, 0.2) is 5.78 Å². The minimum absolute atomic E-state index is 0.127. The fourth-order valence-corrected chi connectivity index (χ4v) is 2.71. The van der Waals surface area contributed by atoms with Gasteiger partial charge in [-0.15, -0.1) is 0 Å². The van der Waals surface area contributed by atoms with Crippen LogP contribution in [-0.4, -0.2) is 35.9 Å². The molecule has 0 radical (unpaired) electrons. The highest BCUT2D eigenvalue weighted by atomic mass is 16.1. The number of ketones is 1. The van der Waals surface area contributed by atoms with E-state index in [9.17, 15) is 4.79 Å². The molecule has 1 atom stereocenters. The number of hydrogen-bond acceptors (Lipinski definition) is 3. The number of carbonyl (C=O) groups excluding carboxylic acids is 1. The summed E-state index contributed by atoms with van der Waals surface area (Å²) in [6, 6.07) is 9.26. The summed E-state index contributed by atoms with van der Waals surface area (Å²) in [5.41, 5.74) is 1.91. The van der Waals surface area contributed by atoms with Gasteiger partial charge in [-0.1, -0.05) is 0 Å². The second kappa shape index (κ2) is 4.73. The molecule has 3 rings (SSSR count). The Bertz CT molecular complexity index is 436. The van der Waals surface area contributed by atoms with Crippen molar-refractivity contribution in [3.63, 3.8) is 0 Å². The molecule has 0 bridgehead atoms. The Morgan fingerprint density at radius 2 is 1.94 bits per heavy atom. The van der Waals surface area contributed by atoms with Crippen molar-refractivity contribution in [1.29, 1.82) is 0 Å². The van der Waals surface area contributed by atoms with Crippen LogP contribution in [0.4, 0.5) is 5.69 Å². The number of hydrogen-bond donors (Lipinski definition) is 1. The predicted octanol–water partition coefficient (Wildman–Crippen LogP) is 2.54. The van der Waals surface area contributed by atoms with Crippen molar-refractivity contribution in [3.8, 4) is 0 Å². The van der Waals surface area contributed by atoms with Crippen molar-refractivity contribution in [2.75, 3.05) is 18.4 Å². The van der Waals surface area contributed by atoms with Crippen LogP contribution in [0.2, 0.25) is 0 Å². The van der Waals surface area contributed by atoms with Crippen LogP contribution in [0, 0.1) is 0 Å². The second-order valence-electron chi connectivity index (χ2n) is 5.49. The molecule has 1 aliphatic heterocycles. The maximum atomic E-state index is 11.2. The SMILES string of the molecule is CC(=O)c1ccc(NC2CCN(C3CC3)C2)cc1. The van der Waals surface area contributed by atoms with Crippen LogP contribution in [0.15, 0.2) is 24.3 Å². The van der Waals surface area contributed by atoms with Gasteiger partial charge in [0.1, 0.15) is 0 Å². The van der Waals surface area contributed by atoms with E-state index in [0.717, 1.165) is 17.3 Å². The molecule has 1 aromatic carbocycles. The zero-order valence-corrected chi connectivity index (χ0v) is 10.9. The van der Waals surface area contributed by atoms with Gasteiger partial charge in [0.05, 0.1) is 0 Å². The van der Waals surface area contributed by atoms with Crippen LogP contribution < -0.4 is 5.32 Å². The Morgan fingerprint density at radius 3 is 2.56 bits per heavy atom. The van der Waals surface area contributed by atoms with Gasteiger partial charge in [-0.25, -0.2) is 0 Å². The van der Waals surface area contributed by atoms with Crippen LogP contribution in [0.3, 0.4) is 0 Å². The van der Waals surface area contributed by atoms with Crippen LogP contribution in [0.25, 0.3) is 0 Å². The Labute approximate surface area is 108 Å². The minimum Gasteiger partial charge on any atom is -0.381 e. The third-order valence-corrected chi connectivity index (χ3v) is 3.95. The number of nitrogens with zero attached hydrogens (tertiary/aromatic N) is 1. The first-order chi connectivity index (χ1) is 8.72. The molecule has 1 aromatic rings. The smallest absolute Gasteiger partial charge is 0.159 e. The fourth-order valence-electron chi connectivity index (χ4n) is 2.71. The lowest BCUT2D eigenvalue weighted by molar-refractivity contribution is 0.101. The van der Waals surface area contributed by atoms with Crippen molar-refractivity contribution in [1.82, 2.24) is 4.90 Å². The number of nitrogens with one attached hydrogen (secondary N) is 1. The largest absolute Gasteiger partial charge is 0.381 e. The van der Waals surface area contributed by atoms with Gasteiger partial charge >= 0.3 is 0 Å². The van der Waals surface area contributed by atoms with E-state index >= 15 is 0 Å². The van der Waals surface area contributed by atoms with Gasteiger partial charge in [0, 0.05) is 36.4 Å². The van der Waals surface area contributed by atoms with Crippen molar-refractivity contribution in [2.24, 2.45) is 0 Å². The van der Waals surface area contributed by atoms with Gasteiger partial charge < -0.3 is 5.32 Å². The van der Waals surface area contributed by atoms with Crippen molar-refractivity contribution >= 4 is 11.5 Å². The zero-order chi connectivity index (χ0) is 12.5. The first-order valence-corrected chi connectivity index (χ1v) is 6.84. The molecule has 96 valence electrons. The van der Waals surface area contributed by atoms with E-state index in [-0.39, 0.29) is 5.78 Å². The van der Waals surface area contributed by atoms with E-state index in [1.165, 1.54) is 32.4 Å². The lowest BCUT2D eigenvalue weighted by Gasteiger charge is -2.16. The molecular weight excluding hydrogens is 224 g/mol. The topological polar surface area (TPSA) is 32.3 Å². The summed E-state index contributed by atoms with van der Waals surface area (Å²) in [6.07, 6.45) is 4.00. The standard InChI is InChI=1S/C15H20N2O/c1-11(18)12-2-4-13(5-3-12)16-14-8-9-17(10-14)15-6-7-15/h2-5,14-16H,6-10H2,1H3. The normalized spacial score (nSPS) is 24.2. The Morgan fingerprint density at radius 1 is 1.22 bits per heavy atom. The zero-order valence-electron chi connectivity index (χ0n) is 10.9. The molecular formula is C15H20N2O. The molecule has 18 heavy (non-hydrogen) atoms. The van der Waals surface area contributed by atoms with E-state index in [2.05, 4.69) is 10.2 Å². The average Bonchev–Trinajstić information content (AvgIpc) is 3.11. The lowest BCUT2D eigenvalue weighted by Crippen LogP contribution is -2.27. The molecule has 1 N–H and O–H groups in total. The maximum absolute atomic E-state index is 11.2. The summed E-state index contributed by atoms with van der Waals surface area (Å²) in [4.78, 5) is 13.8. The van der Waals surface area contributed by atoms with E-state index < -0.39 is 0 Å². The molecule has 2 fully saturated rings. The number of Topliss-reactive ketones (excluding diaryl/α,β-unsaturated/α-hetero) is 1. The summed E-state index contributed by atoms with van der Waals surface area (Å²) in [5.74, 6) is 0.127. The van der Waals surface area contributed by atoms with Gasteiger partial charge in [-0.3, -0.25) is 9.69 Å². The number of likely N-dealkylation sites (tertiary alicyclic amines) is 1. The maximum Gasteiger partial charge on any atom is 0.159 e. The number of carbonyl (C=O) groups is 1. The monoisotopic (exact) mass is 244 g/mol. The highest BCUT2D eigenvalue weighted by molar-refractivity contribution is 5.94. The van der Waals surface area contributed by atoms with E-state index in [1.54, 1.807) is 6.92 Å². The van der Waals surface area contributed by atoms with E-state index in [0.29, 0.717) is 6.04 Å². The molecule has 1 unspecified atom stereocenters. The van der Waals surface area contributed by atoms with Crippen LogP contribution >= 0.6 is 0 Å². The highest BCUT2D eigenvalue weighted by Crippen LogP contribution is 2.30. The summed E-state index contributed by atoms with van der Waals surface area (Å²) in [6.45, 7) is 4.00. The quantitative estimate of drug-likeness (QED) is 0.826. The third kappa shape index (κ3) is 2.56. The van der Waals surface area contributed by atoms with Crippen molar-refractivity contribution in [2.45, 2.75) is 38.3 Å². The number of rotatable bonds is 4. The molecule has 1 saturated carbocycles. The highest BCUT2D eigenvalue weighted by Gasteiger charge is 2.34. The fraction of sp³-hybridized carbons (Fsp3) is 0.533. The summed E-state index contributed by atoms with van der Waals surface area (Å²) in [5, 5.41) is 3.57. The summed E-state index contributed by atoms with van der Waals surface area (Å²) >= 11 is 0. The molecule has 0 amide bonds. The van der Waals surface area contributed by atoms with Gasteiger partial charge in [0.2, 0.25) is 0 Å². The first kappa shape index (κ1) is 11.7. The van der Waals surface area contributed by atoms with Crippen molar-refractivity contribution in [3.05, 3.63) is 29.8 Å². The predicted molar refractivity (Wildman–Crippen MR) is 73.1 cm³/mol. The van der Waals surface area contributed by atoms with Crippen molar-refractivity contribution < 1.29 is 4.79 Å². The van der Waals surface area contributed by atoms with Gasteiger partial charge in [0.25, 0.3) is 0 Å². The molecule has 0 aromatic heterocycles. The molecule has 0 spiro atoms. The summed E-state index contributed by atoms with van der Waals surface area (Å²) in [7, 11) is 0. The van der Waals surface area contributed by atoms with Crippen LogP contribution in [-0.2, 0) is 0 Å². The van der Waals surface area contributed by atoms with E-state index in [1.807, 2.05) is 24.3 Å². The van der Waals surface area contributed by atoms with E-state index in [4.69, 9.17) is 0 Å². The average molecular weight is 244 g/mol. The van der Waals surface area contributed by atoms with Crippen LogP contribution in [0.1, 0.15) is 36.5 Å². The molecule has 1 aliphatic carbocycles. The number of benzene rings is 1. The molecule has 2 aliphatic rings. The minimum atomic E-state index is 0.127. The second-order valence-corrected chi connectivity index (χ2v) is 5.49. The Hall–Kier alpha value is -1.35. The van der Waals surface area contributed by atoms with Crippen LogP contribution in [0.5, 0.6) is 0 Å². The Balaban J connectivity index is 1.57. The summed E-state index contributed by atoms with van der Waals surface area (Å²) < 4.78 is 0. The molecule has 3 heteroatoms.